The molecule has 0 radical (unpaired) electrons. The number of benzene rings is 1. The van der Waals surface area contributed by atoms with Gasteiger partial charge in [-0.15, -0.1) is 0 Å². The fourth-order valence-electron chi connectivity index (χ4n) is 2.69. The number of ether oxygens (including phenoxy) is 1. The maximum atomic E-state index is 12.3. The van der Waals surface area contributed by atoms with Gasteiger partial charge in [-0.3, -0.25) is 4.79 Å². The first kappa shape index (κ1) is 15.8. The second-order valence-electron chi connectivity index (χ2n) is 5.78. The van der Waals surface area contributed by atoms with Crippen LogP contribution in [0.25, 0.3) is 0 Å². The van der Waals surface area contributed by atoms with Crippen LogP contribution >= 0.6 is 0 Å². The molecule has 2 rings (SSSR count). The summed E-state index contributed by atoms with van der Waals surface area (Å²) in [5, 5.41) is 9.25. The van der Waals surface area contributed by atoms with Gasteiger partial charge in [0.15, 0.2) is 0 Å². The fourth-order valence-corrected chi connectivity index (χ4v) is 2.69. The standard InChI is InChI=1S/C16H24N2O3/c1-18(10-13-3-2-8-21-11-13)16(20)15(17)9-12-4-6-14(19)7-5-12/h4-7,13,15,19H,2-3,8-11,17H2,1H3/t13?,15-/m0/s1. The van der Waals surface area contributed by atoms with Crippen molar-refractivity contribution in [2.24, 2.45) is 11.7 Å². The van der Waals surface area contributed by atoms with E-state index in [1.54, 1.807) is 36.2 Å². The zero-order valence-electron chi connectivity index (χ0n) is 12.5. The summed E-state index contributed by atoms with van der Waals surface area (Å²) in [5.74, 6) is 0.579. The number of likely N-dealkylation sites (N-methyl/N-ethyl adjacent to an activating group) is 1. The van der Waals surface area contributed by atoms with E-state index in [9.17, 15) is 9.90 Å². The number of amides is 1. The molecule has 0 bridgehead atoms. The van der Waals surface area contributed by atoms with Gasteiger partial charge < -0.3 is 20.5 Å². The molecule has 0 aliphatic carbocycles. The lowest BCUT2D eigenvalue weighted by Gasteiger charge is -2.28. The lowest BCUT2D eigenvalue weighted by atomic mass is 10.0. The molecule has 1 aromatic carbocycles. The number of carbonyl (C=O) groups excluding carboxylic acids is 1. The summed E-state index contributed by atoms with van der Waals surface area (Å²) < 4.78 is 5.44. The molecule has 0 spiro atoms. The van der Waals surface area contributed by atoms with Crippen LogP contribution in [-0.2, 0) is 16.0 Å². The van der Waals surface area contributed by atoms with Crippen LogP contribution < -0.4 is 5.73 Å². The summed E-state index contributed by atoms with van der Waals surface area (Å²) in [6.45, 7) is 2.25. The van der Waals surface area contributed by atoms with Crippen molar-refractivity contribution in [1.82, 2.24) is 4.90 Å². The van der Waals surface area contributed by atoms with Crippen molar-refractivity contribution in [1.29, 1.82) is 0 Å². The molecule has 0 aromatic heterocycles. The van der Waals surface area contributed by atoms with E-state index in [0.29, 0.717) is 18.9 Å². The molecular formula is C16H24N2O3. The molecule has 1 saturated heterocycles. The quantitative estimate of drug-likeness (QED) is 0.853. The Labute approximate surface area is 125 Å². The van der Waals surface area contributed by atoms with Crippen molar-refractivity contribution in [2.75, 3.05) is 26.8 Å². The van der Waals surface area contributed by atoms with Crippen LogP contribution in [0, 0.1) is 5.92 Å². The van der Waals surface area contributed by atoms with Crippen LogP contribution in [0.2, 0.25) is 0 Å². The minimum Gasteiger partial charge on any atom is -0.508 e. The Bertz CT molecular complexity index is 455. The van der Waals surface area contributed by atoms with E-state index in [2.05, 4.69) is 0 Å². The Hall–Kier alpha value is -1.59. The smallest absolute Gasteiger partial charge is 0.239 e. The van der Waals surface area contributed by atoms with Crippen molar-refractivity contribution in [2.45, 2.75) is 25.3 Å². The van der Waals surface area contributed by atoms with Crippen LogP contribution in [0.5, 0.6) is 5.75 Å². The number of phenols is 1. The third-order valence-electron chi connectivity index (χ3n) is 3.87. The molecule has 0 saturated carbocycles. The van der Waals surface area contributed by atoms with Gasteiger partial charge in [0.25, 0.3) is 0 Å². The van der Waals surface area contributed by atoms with E-state index < -0.39 is 6.04 Å². The van der Waals surface area contributed by atoms with Crippen LogP contribution in [0.4, 0.5) is 0 Å². The number of nitrogens with two attached hydrogens (primary N) is 1. The Morgan fingerprint density at radius 2 is 2.19 bits per heavy atom. The molecule has 5 heteroatoms. The second-order valence-corrected chi connectivity index (χ2v) is 5.78. The SMILES string of the molecule is CN(CC1CCCOC1)C(=O)[C@@H](N)Cc1ccc(O)cc1. The van der Waals surface area contributed by atoms with E-state index in [0.717, 1.165) is 31.6 Å². The van der Waals surface area contributed by atoms with E-state index in [-0.39, 0.29) is 11.7 Å². The lowest BCUT2D eigenvalue weighted by molar-refractivity contribution is -0.132. The molecule has 1 aliphatic heterocycles. The molecule has 2 atom stereocenters. The number of hydrogen-bond acceptors (Lipinski definition) is 4. The molecule has 5 nitrogen and oxygen atoms in total. The number of phenolic OH excluding ortho intramolecular Hbond substituents is 1. The van der Waals surface area contributed by atoms with E-state index in [1.165, 1.54) is 0 Å². The monoisotopic (exact) mass is 292 g/mol. The Balaban J connectivity index is 1.84. The van der Waals surface area contributed by atoms with Gasteiger partial charge in [0.05, 0.1) is 12.6 Å². The highest BCUT2D eigenvalue weighted by Crippen LogP contribution is 2.15. The zero-order chi connectivity index (χ0) is 15.2. The third kappa shape index (κ3) is 4.72. The van der Waals surface area contributed by atoms with Crippen LogP contribution in [-0.4, -0.2) is 48.8 Å². The molecule has 116 valence electrons. The molecule has 21 heavy (non-hydrogen) atoms. The maximum absolute atomic E-state index is 12.3. The van der Waals surface area contributed by atoms with Crippen molar-refractivity contribution in [3.8, 4) is 5.75 Å². The van der Waals surface area contributed by atoms with Crippen molar-refractivity contribution >= 4 is 5.91 Å². The summed E-state index contributed by atoms with van der Waals surface area (Å²) in [5.41, 5.74) is 6.96. The minimum absolute atomic E-state index is 0.0475. The molecular weight excluding hydrogens is 268 g/mol. The van der Waals surface area contributed by atoms with Gasteiger partial charge in [-0.05, 0) is 42.9 Å². The maximum Gasteiger partial charge on any atom is 0.239 e. The van der Waals surface area contributed by atoms with Gasteiger partial charge in [0.2, 0.25) is 5.91 Å². The molecule has 1 unspecified atom stereocenters. The van der Waals surface area contributed by atoms with Gasteiger partial charge in [0, 0.05) is 20.2 Å². The van der Waals surface area contributed by atoms with Gasteiger partial charge in [-0.25, -0.2) is 0 Å². The minimum atomic E-state index is -0.552. The van der Waals surface area contributed by atoms with Gasteiger partial charge in [0.1, 0.15) is 5.75 Å². The number of aromatic hydroxyl groups is 1. The van der Waals surface area contributed by atoms with Crippen LogP contribution in [0.15, 0.2) is 24.3 Å². The normalized spacial score (nSPS) is 20.0. The van der Waals surface area contributed by atoms with Crippen LogP contribution in [0.1, 0.15) is 18.4 Å². The number of hydrogen-bond donors (Lipinski definition) is 2. The zero-order valence-corrected chi connectivity index (χ0v) is 12.5. The molecule has 1 fully saturated rings. The van der Waals surface area contributed by atoms with E-state index in [4.69, 9.17) is 10.5 Å². The molecule has 3 N–H and O–H groups in total. The van der Waals surface area contributed by atoms with Crippen molar-refractivity contribution in [3.63, 3.8) is 0 Å². The van der Waals surface area contributed by atoms with E-state index in [1.807, 2.05) is 0 Å². The molecule has 1 heterocycles. The molecule has 1 amide bonds. The van der Waals surface area contributed by atoms with Crippen LogP contribution in [0.3, 0.4) is 0 Å². The Kier molecular flexibility index (Phi) is 5.59. The summed E-state index contributed by atoms with van der Waals surface area (Å²) in [6, 6.07) is 6.24. The molecule has 1 aliphatic rings. The number of nitrogens with zero attached hydrogens (tertiary/aromatic N) is 1. The van der Waals surface area contributed by atoms with Gasteiger partial charge in [-0.1, -0.05) is 12.1 Å². The highest BCUT2D eigenvalue weighted by atomic mass is 16.5. The first-order chi connectivity index (χ1) is 10.1. The lowest BCUT2D eigenvalue weighted by Crippen LogP contribution is -2.45. The van der Waals surface area contributed by atoms with E-state index >= 15 is 0 Å². The fraction of sp³-hybridized carbons (Fsp3) is 0.562. The predicted octanol–water partition coefficient (Wildman–Crippen LogP) is 1.15. The predicted molar refractivity (Wildman–Crippen MR) is 81.0 cm³/mol. The summed E-state index contributed by atoms with van der Waals surface area (Å²) in [4.78, 5) is 14.0. The third-order valence-corrected chi connectivity index (χ3v) is 3.87. The largest absolute Gasteiger partial charge is 0.508 e. The Morgan fingerprint density at radius 3 is 2.81 bits per heavy atom. The van der Waals surface area contributed by atoms with Crippen molar-refractivity contribution < 1.29 is 14.6 Å². The number of rotatable bonds is 5. The highest BCUT2D eigenvalue weighted by Gasteiger charge is 2.22. The molecule has 1 aromatic rings. The first-order valence-electron chi connectivity index (χ1n) is 7.42. The second kappa shape index (κ2) is 7.43. The summed E-state index contributed by atoms with van der Waals surface area (Å²) >= 11 is 0. The summed E-state index contributed by atoms with van der Waals surface area (Å²) in [7, 11) is 1.80. The first-order valence-corrected chi connectivity index (χ1v) is 7.42. The highest BCUT2D eigenvalue weighted by molar-refractivity contribution is 5.81. The summed E-state index contributed by atoms with van der Waals surface area (Å²) in [6.07, 6.45) is 2.64. The average molecular weight is 292 g/mol. The van der Waals surface area contributed by atoms with Gasteiger partial charge >= 0.3 is 0 Å². The Morgan fingerprint density at radius 1 is 1.48 bits per heavy atom. The van der Waals surface area contributed by atoms with Crippen molar-refractivity contribution in [3.05, 3.63) is 29.8 Å². The topological polar surface area (TPSA) is 75.8 Å². The van der Waals surface area contributed by atoms with Gasteiger partial charge in [-0.2, -0.15) is 0 Å². The number of carbonyl (C=O) groups is 1. The average Bonchev–Trinajstić information content (AvgIpc) is 2.49.